The molecular formula is C12H14NO6S-. The van der Waals surface area contributed by atoms with Gasteiger partial charge in [-0.2, -0.15) is 0 Å². The van der Waals surface area contributed by atoms with Crippen molar-refractivity contribution in [3.8, 4) is 0 Å². The van der Waals surface area contributed by atoms with Crippen LogP contribution in [-0.4, -0.2) is 38.0 Å². The molecule has 0 spiro atoms. The molecule has 0 aromatic rings. The SMILES string of the molecule is O=C(OS(=O)[O-])C1CCC(CN2C(=O)C=CC2=O)CC1. The zero-order valence-corrected chi connectivity index (χ0v) is 11.5. The van der Waals surface area contributed by atoms with Gasteiger partial charge < -0.3 is 8.74 Å². The quantitative estimate of drug-likeness (QED) is 0.537. The number of hydrogen-bond donors (Lipinski definition) is 0. The second-order valence-electron chi connectivity index (χ2n) is 4.94. The summed E-state index contributed by atoms with van der Waals surface area (Å²) >= 11 is -2.82. The van der Waals surface area contributed by atoms with E-state index in [1.807, 2.05) is 0 Å². The van der Waals surface area contributed by atoms with Gasteiger partial charge in [-0.05, 0) is 31.6 Å². The summed E-state index contributed by atoms with van der Waals surface area (Å²) in [7, 11) is 0. The summed E-state index contributed by atoms with van der Waals surface area (Å²) in [6, 6.07) is 0. The van der Waals surface area contributed by atoms with E-state index in [0.717, 1.165) is 0 Å². The van der Waals surface area contributed by atoms with Crippen LogP contribution in [0.4, 0.5) is 0 Å². The molecule has 1 fully saturated rings. The van der Waals surface area contributed by atoms with Crippen molar-refractivity contribution >= 4 is 29.1 Å². The summed E-state index contributed by atoms with van der Waals surface area (Å²) < 4.78 is 24.7. The lowest BCUT2D eigenvalue weighted by Gasteiger charge is -2.29. The Morgan fingerprint density at radius 3 is 2.30 bits per heavy atom. The van der Waals surface area contributed by atoms with Gasteiger partial charge in [-0.3, -0.25) is 19.3 Å². The number of hydrogen-bond acceptors (Lipinski definition) is 6. The molecule has 1 atom stereocenters. The molecular weight excluding hydrogens is 286 g/mol. The van der Waals surface area contributed by atoms with Gasteiger partial charge in [-0.1, -0.05) is 0 Å². The molecule has 20 heavy (non-hydrogen) atoms. The van der Waals surface area contributed by atoms with Crippen LogP contribution in [-0.2, 0) is 29.9 Å². The molecule has 0 bridgehead atoms. The third kappa shape index (κ3) is 3.51. The number of imide groups is 1. The van der Waals surface area contributed by atoms with E-state index in [4.69, 9.17) is 0 Å². The van der Waals surface area contributed by atoms with Crippen LogP contribution >= 0.6 is 0 Å². The van der Waals surface area contributed by atoms with Crippen molar-refractivity contribution in [3.63, 3.8) is 0 Å². The van der Waals surface area contributed by atoms with Gasteiger partial charge >= 0.3 is 5.97 Å². The smallest absolute Gasteiger partial charge is 0.322 e. The molecule has 2 rings (SSSR count). The lowest BCUT2D eigenvalue weighted by atomic mass is 9.82. The van der Waals surface area contributed by atoms with Crippen molar-refractivity contribution in [2.75, 3.05) is 6.54 Å². The van der Waals surface area contributed by atoms with E-state index < -0.39 is 23.2 Å². The van der Waals surface area contributed by atoms with Crippen LogP contribution in [0, 0.1) is 11.8 Å². The van der Waals surface area contributed by atoms with Gasteiger partial charge in [0.1, 0.15) is 11.4 Å². The molecule has 0 aromatic carbocycles. The van der Waals surface area contributed by atoms with Crippen LogP contribution in [0.2, 0.25) is 0 Å². The van der Waals surface area contributed by atoms with Crippen LogP contribution < -0.4 is 0 Å². The molecule has 1 unspecified atom stereocenters. The van der Waals surface area contributed by atoms with Gasteiger partial charge in [0.15, 0.2) is 0 Å². The zero-order chi connectivity index (χ0) is 14.7. The van der Waals surface area contributed by atoms with Crippen molar-refractivity contribution in [2.24, 2.45) is 11.8 Å². The second kappa shape index (κ2) is 6.27. The van der Waals surface area contributed by atoms with Gasteiger partial charge in [0.25, 0.3) is 11.8 Å². The number of rotatable bonds is 4. The summed E-state index contributed by atoms with van der Waals surface area (Å²) in [6.07, 6.45) is 4.81. The molecule has 8 heteroatoms. The van der Waals surface area contributed by atoms with Crippen molar-refractivity contribution in [3.05, 3.63) is 12.2 Å². The van der Waals surface area contributed by atoms with E-state index >= 15 is 0 Å². The first-order chi connectivity index (χ1) is 9.47. The molecule has 0 radical (unpaired) electrons. The second-order valence-corrected chi connectivity index (χ2v) is 5.52. The fraction of sp³-hybridized carbons (Fsp3) is 0.583. The predicted molar refractivity (Wildman–Crippen MR) is 66.3 cm³/mol. The van der Waals surface area contributed by atoms with Gasteiger partial charge in [-0.25, -0.2) is 4.21 Å². The van der Waals surface area contributed by atoms with E-state index in [0.29, 0.717) is 32.2 Å². The topological polar surface area (TPSA) is 104 Å². The van der Waals surface area contributed by atoms with Gasteiger partial charge in [0, 0.05) is 18.7 Å². The summed E-state index contributed by atoms with van der Waals surface area (Å²) in [5, 5.41) is 0. The van der Waals surface area contributed by atoms with Gasteiger partial charge in [-0.15, -0.1) is 0 Å². The Labute approximate surface area is 118 Å². The van der Waals surface area contributed by atoms with Crippen molar-refractivity contribution in [2.45, 2.75) is 25.7 Å². The third-order valence-electron chi connectivity index (χ3n) is 3.67. The Morgan fingerprint density at radius 1 is 1.25 bits per heavy atom. The molecule has 7 nitrogen and oxygen atoms in total. The first-order valence-corrected chi connectivity index (χ1v) is 7.32. The molecule has 0 saturated heterocycles. The van der Waals surface area contributed by atoms with Gasteiger partial charge in [0.05, 0.1) is 5.92 Å². The normalized spacial score (nSPS) is 27.8. The van der Waals surface area contributed by atoms with Crippen molar-refractivity contribution < 1.29 is 27.3 Å². The molecule has 1 heterocycles. The molecule has 2 aliphatic rings. The van der Waals surface area contributed by atoms with E-state index in [1.54, 1.807) is 0 Å². The first kappa shape index (κ1) is 14.9. The van der Waals surface area contributed by atoms with Crippen LogP contribution in [0.25, 0.3) is 0 Å². The molecule has 110 valence electrons. The Bertz CT molecular complexity index is 462. The summed E-state index contributed by atoms with van der Waals surface area (Å²) in [5.74, 6) is -1.62. The Morgan fingerprint density at radius 2 is 1.80 bits per heavy atom. The zero-order valence-electron chi connectivity index (χ0n) is 10.6. The Kier molecular flexibility index (Phi) is 4.66. The third-order valence-corrected chi connectivity index (χ3v) is 3.97. The standard InChI is InChI=1S/C12H15NO6S/c14-10-5-6-11(15)13(10)7-8-1-3-9(4-2-8)12(16)19-20(17)18/h5-6,8-9H,1-4,7H2,(H,17,18)/p-1. The maximum absolute atomic E-state index is 11.4. The lowest BCUT2D eigenvalue weighted by molar-refractivity contribution is -0.141. The maximum atomic E-state index is 11.4. The molecule has 0 aromatic heterocycles. The predicted octanol–water partition coefficient (Wildman–Crippen LogP) is 0.0551. The maximum Gasteiger partial charge on any atom is 0.322 e. The highest BCUT2D eigenvalue weighted by molar-refractivity contribution is 7.74. The molecule has 1 aliphatic carbocycles. The van der Waals surface area contributed by atoms with Gasteiger partial charge in [0.2, 0.25) is 0 Å². The number of carbonyl (C=O) groups is 3. The number of carbonyl (C=O) groups excluding carboxylic acids is 3. The average molecular weight is 300 g/mol. The Hall–Kier alpha value is -1.54. The highest BCUT2D eigenvalue weighted by Crippen LogP contribution is 2.30. The van der Waals surface area contributed by atoms with Crippen LogP contribution in [0.1, 0.15) is 25.7 Å². The molecule has 0 N–H and O–H groups in total. The summed E-state index contributed by atoms with van der Waals surface area (Å²) in [5.41, 5.74) is 0. The monoisotopic (exact) mass is 300 g/mol. The minimum absolute atomic E-state index is 0.143. The minimum Gasteiger partial charge on any atom is -0.740 e. The summed E-state index contributed by atoms with van der Waals surface area (Å²) in [4.78, 5) is 35.5. The van der Waals surface area contributed by atoms with Crippen LogP contribution in [0.3, 0.4) is 0 Å². The number of nitrogens with zero attached hydrogens (tertiary/aromatic N) is 1. The fourth-order valence-electron chi connectivity index (χ4n) is 2.59. The highest BCUT2D eigenvalue weighted by Gasteiger charge is 2.31. The van der Waals surface area contributed by atoms with Crippen molar-refractivity contribution in [1.82, 2.24) is 4.90 Å². The lowest BCUT2D eigenvalue weighted by Crippen LogP contribution is -2.36. The Balaban J connectivity index is 1.80. The van der Waals surface area contributed by atoms with Crippen LogP contribution in [0.15, 0.2) is 12.2 Å². The van der Waals surface area contributed by atoms with E-state index in [-0.39, 0.29) is 17.7 Å². The highest BCUT2D eigenvalue weighted by atomic mass is 32.2. The molecule has 1 saturated carbocycles. The van der Waals surface area contributed by atoms with E-state index in [2.05, 4.69) is 4.18 Å². The molecule has 1 aliphatic heterocycles. The van der Waals surface area contributed by atoms with Crippen LogP contribution in [0.5, 0.6) is 0 Å². The largest absolute Gasteiger partial charge is 0.740 e. The summed E-state index contributed by atoms with van der Waals surface area (Å²) in [6.45, 7) is 0.347. The first-order valence-electron chi connectivity index (χ1n) is 6.32. The van der Waals surface area contributed by atoms with Crippen molar-refractivity contribution in [1.29, 1.82) is 0 Å². The fourth-order valence-corrected chi connectivity index (χ4v) is 2.86. The molecule has 2 amide bonds. The average Bonchev–Trinajstić information content (AvgIpc) is 2.70. The number of amides is 2. The van der Waals surface area contributed by atoms with E-state index in [1.165, 1.54) is 17.1 Å². The minimum atomic E-state index is -2.82. The van der Waals surface area contributed by atoms with E-state index in [9.17, 15) is 23.1 Å².